The molecule has 0 spiro atoms. The van der Waals surface area contributed by atoms with Crippen LogP contribution in [0.25, 0.3) is 0 Å². The minimum absolute atomic E-state index is 0.0171. The molecule has 0 aromatic heterocycles. The lowest BCUT2D eigenvalue weighted by Gasteiger charge is -2.34. The van der Waals surface area contributed by atoms with Crippen LogP contribution >= 0.6 is 0 Å². The Morgan fingerprint density at radius 3 is 2.53 bits per heavy atom. The number of esters is 1. The van der Waals surface area contributed by atoms with E-state index in [1.54, 1.807) is 0 Å². The Bertz CT molecular complexity index is 398. The summed E-state index contributed by atoms with van der Waals surface area (Å²) in [5.41, 5.74) is -0.954. The average molecular weight is 293 g/mol. The van der Waals surface area contributed by atoms with Gasteiger partial charge in [0.1, 0.15) is 0 Å². The van der Waals surface area contributed by atoms with Gasteiger partial charge in [0.25, 0.3) is 0 Å². The zero-order valence-electron chi connectivity index (χ0n) is 11.5. The molecule has 112 valence electrons. The molecule has 7 heteroatoms. The molecule has 0 aromatic rings. The molecule has 0 amide bonds. The van der Waals surface area contributed by atoms with Gasteiger partial charge in [-0.25, -0.2) is 13.1 Å². The highest BCUT2D eigenvalue weighted by Crippen LogP contribution is 2.31. The molecule has 0 bridgehead atoms. The van der Waals surface area contributed by atoms with Crippen LogP contribution in [0, 0.1) is 5.92 Å². The van der Waals surface area contributed by atoms with Crippen molar-refractivity contribution in [3.8, 4) is 0 Å². The van der Waals surface area contributed by atoms with Gasteiger partial charge in [-0.05, 0) is 31.6 Å². The molecule has 0 radical (unpaired) electrons. The largest absolute Gasteiger partial charge is 0.469 e. The Morgan fingerprint density at radius 2 is 2.00 bits per heavy atom. The Balaban J connectivity index is 2.40. The van der Waals surface area contributed by atoms with E-state index < -0.39 is 21.6 Å². The fourth-order valence-corrected chi connectivity index (χ4v) is 3.18. The number of carbonyl (C=O) groups is 1. The molecule has 0 saturated heterocycles. The van der Waals surface area contributed by atoms with Gasteiger partial charge in [0.2, 0.25) is 10.0 Å². The molecule has 1 saturated carbocycles. The molecule has 19 heavy (non-hydrogen) atoms. The summed E-state index contributed by atoms with van der Waals surface area (Å²) in [6.45, 7) is 2.14. The molecule has 0 aromatic carbocycles. The summed E-state index contributed by atoms with van der Waals surface area (Å²) in [4.78, 5) is 10.9. The fourth-order valence-electron chi connectivity index (χ4n) is 2.11. The van der Waals surface area contributed by atoms with Gasteiger partial charge in [0.15, 0.2) is 0 Å². The van der Waals surface area contributed by atoms with Gasteiger partial charge in [-0.2, -0.15) is 0 Å². The molecule has 0 atom stereocenters. The number of methoxy groups -OCH3 is 1. The first kappa shape index (κ1) is 16.4. The van der Waals surface area contributed by atoms with Gasteiger partial charge in [-0.1, -0.05) is 6.92 Å². The van der Waals surface area contributed by atoms with E-state index in [9.17, 15) is 18.3 Å². The van der Waals surface area contributed by atoms with E-state index in [0.29, 0.717) is 18.8 Å². The van der Waals surface area contributed by atoms with E-state index in [-0.39, 0.29) is 18.7 Å². The normalized spacial score (nSPS) is 28.1. The van der Waals surface area contributed by atoms with Crippen molar-refractivity contribution in [2.24, 2.45) is 5.92 Å². The third kappa shape index (κ3) is 5.88. The monoisotopic (exact) mass is 293 g/mol. The third-order valence-corrected chi connectivity index (χ3v) is 4.95. The second-order valence-electron chi connectivity index (χ2n) is 5.37. The van der Waals surface area contributed by atoms with Crippen LogP contribution in [0.15, 0.2) is 0 Å². The maximum Gasteiger partial charge on any atom is 0.306 e. The highest BCUT2D eigenvalue weighted by atomic mass is 32.2. The quantitative estimate of drug-likeness (QED) is 0.692. The van der Waals surface area contributed by atoms with Crippen LogP contribution in [-0.2, 0) is 19.6 Å². The van der Waals surface area contributed by atoms with Crippen LogP contribution in [0.1, 0.15) is 39.0 Å². The summed E-state index contributed by atoms with van der Waals surface area (Å²) >= 11 is 0. The first-order valence-corrected chi connectivity index (χ1v) is 8.18. The summed E-state index contributed by atoms with van der Waals surface area (Å²) in [6, 6.07) is 0. The van der Waals surface area contributed by atoms with Gasteiger partial charge in [0, 0.05) is 6.54 Å². The van der Waals surface area contributed by atoms with Crippen molar-refractivity contribution in [3.63, 3.8) is 0 Å². The van der Waals surface area contributed by atoms with E-state index in [4.69, 9.17) is 0 Å². The number of hydrogen-bond acceptors (Lipinski definition) is 5. The first-order chi connectivity index (χ1) is 8.76. The average Bonchev–Trinajstić information content (AvgIpc) is 2.38. The van der Waals surface area contributed by atoms with Crippen molar-refractivity contribution in [1.82, 2.24) is 4.72 Å². The van der Waals surface area contributed by atoms with Crippen LogP contribution < -0.4 is 4.72 Å². The van der Waals surface area contributed by atoms with Crippen molar-refractivity contribution in [3.05, 3.63) is 0 Å². The van der Waals surface area contributed by atoms with Crippen molar-refractivity contribution < 1.29 is 23.1 Å². The standard InChI is InChI=1S/C12H23NO5S/c1-10-3-6-12(15,7-4-10)9-13-19(16,17)8-5-11(14)18-2/h10,13,15H,3-9H2,1-2H3. The number of carbonyl (C=O) groups excluding carboxylic acids is 1. The van der Waals surface area contributed by atoms with E-state index in [2.05, 4.69) is 16.4 Å². The van der Waals surface area contributed by atoms with Crippen molar-refractivity contribution in [2.45, 2.75) is 44.6 Å². The summed E-state index contributed by atoms with van der Waals surface area (Å²) in [5.74, 6) is -0.293. The van der Waals surface area contributed by atoms with E-state index >= 15 is 0 Å². The molecular weight excluding hydrogens is 270 g/mol. The number of aliphatic hydroxyl groups is 1. The Kier molecular flexibility index (Phi) is 5.76. The molecule has 0 heterocycles. The number of ether oxygens (including phenoxy) is 1. The van der Waals surface area contributed by atoms with Crippen LogP contribution in [0.3, 0.4) is 0 Å². The van der Waals surface area contributed by atoms with Crippen LogP contribution in [0.4, 0.5) is 0 Å². The Hall–Kier alpha value is -0.660. The highest BCUT2D eigenvalue weighted by molar-refractivity contribution is 7.89. The van der Waals surface area contributed by atoms with Gasteiger partial charge in [-0.3, -0.25) is 4.79 Å². The molecule has 1 rings (SSSR count). The molecule has 1 aliphatic rings. The number of sulfonamides is 1. The molecule has 2 N–H and O–H groups in total. The van der Waals surface area contributed by atoms with Crippen molar-refractivity contribution in [1.29, 1.82) is 0 Å². The Morgan fingerprint density at radius 1 is 1.42 bits per heavy atom. The fraction of sp³-hybridized carbons (Fsp3) is 0.917. The van der Waals surface area contributed by atoms with Gasteiger partial charge >= 0.3 is 5.97 Å². The third-order valence-electron chi connectivity index (χ3n) is 3.63. The maximum atomic E-state index is 11.7. The topological polar surface area (TPSA) is 92.7 Å². The highest BCUT2D eigenvalue weighted by Gasteiger charge is 2.32. The smallest absolute Gasteiger partial charge is 0.306 e. The van der Waals surface area contributed by atoms with Crippen LogP contribution in [0.5, 0.6) is 0 Å². The summed E-state index contributed by atoms with van der Waals surface area (Å²) in [5, 5.41) is 10.3. The predicted molar refractivity (Wildman–Crippen MR) is 71.0 cm³/mol. The van der Waals surface area contributed by atoms with E-state index in [1.165, 1.54) is 7.11 Å². The minimum atomic E-state index is -3.55. The zero-order valence-corrected chi connectivity index (χ0v) is 12.3. The van der Waals surface area contributed by atoms with Gasteiger partial charge in [-0.15, -0.1) is 0 Å². The molecule has 1 aliphatic carbocycles. The number of hydrogen-bond donors (Lipinski definition) is 2. The van der Waals surface area contributed by atoms with Crippen LogP contribution in [-0.4, -0.2) is 44.5 Å². The van der Waals surface area contributed by atoms with Crippen molar-refractivity contribution >= 4 is 16.0 Å². The summed E-state index contributed by atoms with van der Waals surface area (Å²) < 4.78 is 30.1. The van der Waals surface area contributed by atoms with Crippen molar-refractivity contribution in [2.75, 3.05) is 19.4 Å². The lowest BCUT2D eigenvalue weighted by atomic mass is 9.80. The second-order valence-corrected chi connectivity index (χ2v) is 7.30. The van der Waals surface area contributed by atoms with E-state index in [0.717, 1.165) is 12.8 Å². The second kappa shape index (κ2) is 6.67. The zero-order chi connectivity index (χ0) is 14.5. The first-order valence-electron chi connectivity index (χ1n) is 6.53. The number of nitrogens with one attached hydrogen (secondary N) is 1. The molecule has 6 nitrogen and oxygen atoms in total. The lowest BCUT2D eigenvalue weighted by Crippen LogP contribution is -2.45. The molecule has 0 aliphatic heterocycles. The van der Waals surface area contributed by atoms with Gasteiger partial charge in [0.05, 0.1) is 24.9 Å². The SMILES string of the molecule is COC(=O)CCS(=O)(=O)NCC1(O)CCC(C)CC1. The predicted octanol–water partition coefficient (Wildman–Crippen LogP) is 0.410. The minimum Gasteiger partial charge on any atom is -0.469 e. The maximum absolute atomic E-state index is 11.7. The van der Waals surface area contributed by atoms with Crippen LogP contribution in [0.2, 0.25) is 0 Å². The van der Waals surface area contributed by atoms with E-state index in [1.807, 2.05) is 0 Å². The lowest BCUT2D eigenvalue weighted by molar-refractivity contribution is -0.140. The molecular formula is C12H23NO5S. The summed E-state index contributed by atoms with van der Waals surface area (Å²) in [7, 11) is -2.33. The van der Waals surface area contributed by atoms with Gasteiger partial charge < -0.3 is 9.84 Å². The Labute approximate surface area is 114 Å². The number of rotatable bonds is 6. The molecule has 0 unspecified atom stereocenters. The molecule has 1 fully saturated rings. The summed E-state index contributed by atoms with van der Waals surface area (Å²) in [6.07, 6.45) is 2.84.